The molecule has 0 radical (unpaired) electrons. The molecule has 1 atom stereocenters. The second-order valence-corrected chi connectivity index (χ2v) is 7.42. The third-order valence-corrected chi connectivity index (χ3v) is 5.16. The highest BCUT2D eigenvalue weighted by molar-refractivity contribution is 5.49. The summed E-state index contributed by atoms with van der Waals surface area (Å²) in [6.07, 6.45) is 4.21. The summed E-state index contributed by atoms with van der Waals surface area (Å²) < 4.78 is 0. The van der Waals surface area contributed by atoms with Gasteiger partial charge in [0.25, 0.3) is 0 Å². The fraction of sp³-hybridized carbons (Fsp3) is 0.647. The summed E-state index contributed by atoms with van der Waals surface area (Å²) in [7, 11) is 0. The Hall–Kier alpha value is -0.820. The number of benzene rings is 1. The molecule has 3 rings (SSSR count). The number of aliphatic hydroxyl groups excluding tert-OH is 1. The highest BCUT2D eigenvalue weighted by Gasteiger charge is 2.38. The van der Waals surface area contributed by atoms with Gasteiger partial charge in [-0.05, 0) is 58.8 Å². The number of aliphatic hydroxyl groups is 1. The topological polar surface area (TPSA) is 20.2 Å². The van der Waals surface area contributed by atoms with Crippen molar-refractivity contribution in [1.29, 1.82) is 0 Å². The zero-order valence-electron chi connectivity index (χ0n) is 12.0. The van der Waals surface area contributed by atoms with Crippen LogP contribution >= 0.6 is 0 Å². The average molecular weight is 244 g/mol. The van der Waals surface area contributed by atoms with Gasteiger partial charge in [0.05, 0.1) is 6.10 Å². The Morgan fingerprint density at radius 1 is 1.00 bits per heavy atom. The van der Waals surface area contributed by atoms with Crippen LogP contribution in [0.2, 0.25) is 0 Å². The lowest BCUT2D eigenvalue weighted by molar-refractivity contribution is 0.179. The van der Waals surface area contributed by atoms with E-state index in [4.69, 9.17) is 0 Å². The lowest BCUT2D eigenvalue weighted by Crippen LogP contribution is -2.34. The minimum absolute atomic E-state index is 0.230. The van der Waals surface area contributed by atoms with Crippen LogP contribution in [0.3, 0.4) is 0 Å². The summed E-state index contributed by atoms with van der Waals surface area (Å²) in [4.78, 5) is 0. The number of hydrogen-bond acceptors (Lipinski definition) is 1. The first kappa shape index (κ1) is 12.2. The van der Waals surface area contributed by atoms with Crippen molar-refractivity contribution in [3.05, 3.63) is 34.4 Å². The Morgan fingerprint density at radius 2 is 1.56 bits per heavy atom. The second-order valence-electron chi connectivity index (χ2n) is 7.42. The summed E-state index contributed by atoms with van der Waals surface area (Å²) in [5.74, 6) is 0. The van der Waals surface area contributed by atoms with Gasteiger partial charge in [0.15, 0.2) is 0 Å². The minimum atomic E-state index is -0.230. The van der Waals surface area contributed by atoms with Crippen molar-refractivity contribution in [2.45, 2.75) is 70.3 Å². The lowest BCUT2D eigenvalue weighted by atomic mass is 9.62. The largest absolute Gasteiger partial charge is 0.388 e. The van der Waals surface area contributed by atoms with Gasteiger partial charge < -0.3 is 5.11 Å². The quantitative estimate of drug-likeness (QED) is 0.731. The molecule has 0 aliphatic heterocycles. The summed E-state index contributed by atoms with van der Waals surface area (Å²) in [5, 5.41) is 10.1. The van der Waals surface area contributed by atoms with E-state index in [1.807, 2.05) is 0 Å². The number of aryl methyl sites for hydroxylation is 1. The first-order valence-corrected chi connectivity index (χ1v) is 7.17. The first-order valence-electron chi connectivity index (χ1n) is 7.17. The van der Waals surface area contributed by atoms with Crippen LogP contribution in [0.15, 0.2) is 12.1 Å². The Kier molecular flexibility index (Phi) is 2.45. The fourth-order valence-electron chi connectivity index (χ4n) is 3.65. The van der Waals surface area contributed by atoms with Crippen molar-refractivity contribution >= 4 is 0 Å². The molecule has 0 fully saturated rings. The van der Waals surface area contributed by atoms with E-state index in [9.17, 15) is 5.11 Å². The van der Waals surface area contributed by atoms with E-state index in [1.54, 1.807) is 0 Å². The van der Waals surface area contributed by atoms with Gasteiger partial charge in [0.2, 0.25) is 0 Å². The van der Waals surface area contributed by atoms with Crippen LogP contribution in [-0.4, -0.2) is 5.11 Å². The molecule has 1 nitrogen and oxygen atoms in total. The molecule has 0 amide bonds. The highest BCUT2D eigenvalue weighted by Crippen LogP contribution is 2.48. The lowest BCUT2D eigenvalue weighted by Gasteiger charge is -2.42. The van der Waals surface area contributed by atoms with Crippen LogP contribution in [0.1, 0.15) is 75.3 Å². The van der Waals surface area contributed by atoms with E-state index >= 15 is 0 Å². The van der Waals surface area contributed by atoms with Gasteiger partial charge in [0, 0.05) is 0 Å². The summed E-state index contributed by atoms with van der Waals surface area (Å²) >= 11 is 0. The van der Waals surface area contributed by atoms with E-state index in [-0.39, 0.29) is 16.9 Å². The van der Waals surface area contributed by atoms with Crippen molar-refractivity contribution in [2.24, 2.45) is 0 Å². The Balaban J connectivity index is 2.24. The third-order valence-electron chi connectivity index (χ3n) is 5.16. The van der Waals surface area contributed by atoms with Crippen molar-refractivity contribution in [3.8, 4) is 0 Å². The monoisotopic (exact) mass is 244 g/mol. The molecule has 1 aromatic carbocycles. The van der Waals surface area contributed by atoms with E-state index in [2.05, 4.69) is 39.8 Å². The van der Waals surface area contributed by atoms with Gasteiger partial charge in [0.1, 0.15) is 0 Å². The van der Waals surface area contributed by atoms with Crippen LogP contribution < -0.4 is 0 Å². The predicted molar refractivity (Wildman–Crippen MR) is 75.0 cm³/mol. The van der Waals surface area contributed by atoms with Crippen LogP contribution in [0, 0.1) is 0 Å². The molecule has 0 unspecified atom stereocenters. The molecular formula is C17H24O. The molecule has 1 aromatic rings. The predicted octanol–water partition coefficient (Wildman–Crippen LogP) is 4.02. The molecule has 2 aliphatic rings. The maximum Gasteiger partial charge on any atom is 0.0796 e. The fourth-order valence-corrected chi connectivity index (χ4v) is 3.65. The normalized spacial score (nSPS) is 27.7. The molecule has 98 valence electrons. The van der Waals surface area contributed by atoms with Gasteiger partial charge in [-0.1, -0.05) is 39.8 Å². The van der Waals surface area contributed by atoms with Crippen LogP contribution in [0.4, 0.5) is 0 Å². The second kappa shape index (κ2) is 3.60. The van der Waals surface area contributed by atoms with Gasteiger partial charge >= 0.3 is 0 Å². The van der Waals surface area contributed by atoms with E-state index < -0.39 is 0 Å². The molecule has 18 heavy (non-hydrogen) atoms. The molecule has 1 N–H and O–H groups in total. The summed E-state index contributed by atoms with van der Waals surface area (Å²) in [6.45, 7) is 9.40. The highest BCUT2D eigenvalue weighted by atomic mass is 16.3. The maximum atomic E-state index is 10.1. The van der Waals surface area contributed by atoms with Crippen molar-refractivity contribution in [2.75, 3.05) is 0 Å². The van der Waals surface area contributed by atoms with Gasteiger partial charge in [-0.25, -0.2) is 0 Å². The van der Waals surface area contributed by atoms with Crippen molar-refractivity contribution in [1.82, 2.24) is 0 Å². The van der Waals surface area contributed by atoms with E-state index in [0.717, 1.165) is 12.8 Å². The molecule has 2 aliphatic carbocycles. The Bertz CT molecular complexity index is 497. The molecule has 0 saturated heterocycles. The molecule has 1 heteroatoms. The third kappa shape index (κ3) is 1.64. The van der Waals surface area contributed by atoms with Gasteiger partial charge in [-0.15, -0.1) is 0 Å². The number of hydrogen-bond donors (Lipinski definition) is 1. The van der Waals surface area contributed by atoms with Crippen LogP contribution in [0.25, 0.3) is 0 Å². The van der Waals surface area contributed by atoms with Gasteiger partial charge in [-0.3, -0.25) is 0 Å². The standard InChI is InChI=1S/C17H24O/c1-16(2)7-8-17(3,4)14-10-12-11(9-13(14)16)5-6-15(12)18/h9-10,15,18H,5-8H2,1-4H3/t15-/m0/s1. The molecule has 0 bridgehead atoms. The summed E-state index contributed by atoms with van der Waals surface area (Å²) in [5.41, 5.74) is 6.10. The Labute approximate surface area is 110 Å². The minimum Gasteiger partial charge on any atom is -0.388 e. The van der Waals surface area contributed by atoms with Crippen molar-refractivity contribution in [3.63, 3.8) is 0 Å². The zero-order chi connectivity index (χ0) is 13.1. The van der Waals surface area contributed by atoms with E-state index in [1.165, 1.54) is 35.1 Å². The number of fused-ring (bicyclic) bond motifs is 2. The van der Waals surface area contributed by atoms with Gasteiger partial charge in [-0.2, -0.15) is 0 Å². The Morgan fingerprint density at radius 3 is 2.17 bits per heavy atom. The molecule has 0 heterocycles. The maximum absolute atomic E-state index is 10.1. The molecule has 0 saturated carbocycles. The molecule has 0 spiro atoms. The van der Waals surface area contributed by atoms with Crippen LogP contribution in [-0.2, 0) is 17.3 Å². The first-order chi connectivity index (χ1) is 8.31. The molecule has 0 aromatic heterocycles. The molecular weight excluding hydrogens is 220 g/mol. The average Bonchev–Trinajstić information content (AvgIpc) is 2.66. The smallest absolute Gasteiger partial charge is 0.0796 e. The van der Waals surface area contributed by atoms with E-state index in [0.29, 0.717) is 0 Å². The SMILES string of the molecule is CC1(C)CCC(C)(C)c2cc3c(cc21)CC[C@@H]3O. The van der Waals surface area contributed by atoms with Crippen LogP contribution in [0.5, 0.6) is 0 Å². The summed E-state index contributed by atoms with van der Waals surface area (Å²) in [6, 6.07) is 4.70. The number of rotatable bonds is 0. The zero-order valence-corrected chi connectivity index (χ0v) is 12.0. The van der Waals surface area contributed by atoms with Crippen molar-refractivity contribution < 1.29 is 5.11 Å².